The summed E-state index contributed by atoms with van der Waals surface area (Å²) in [6.45, 7) is 4.05. The van der Waals surface area contributed by atoms with Crippen LogP contribution in [0.1, 0.15) is 30.6 Å². The van der Waals surface area contributed by atoms with Gasteiger partial charge in [-0.15, -0.1) is 0 Å². The highest BCUT2D eigenvalue weighted by Crippen LogP contribution is 2.20. The second kappa shape index (κ2) is 6.02. The van der Waals surface area contributed by atoms with Crippen LogP contribution in [0.4, 0.5) is 0 Å². The third kappa shape index (κ3) is 2.86. The fraction of sp³-hybridized carbons (Fsp3) is 0.222. The molecule has 0 aliphatic rings. The van der Waals surface area contributed by atoms with Crippen molar-refractivity contribution < 1.29 is 4.79 Å². The number of aromatic nitrogens is 2. The van der Waals surface area contributed by atoms with Crippen LogP contribution in [0, 0.1) is 0 Å². The van der Waals surface area contributed by atoms with E-state index in [0.717, 1.165) is 28.8 Å². The summed E-state index contributed by atoms with van der Waals surface area (Å²) in [6.07, 6.45) is 0.919. The zero-order chi connectivity index (χ0) is 15.5. The first-order valence-electron chi connectivity index (χ1n) is 7.53. The van der Waals surface area contributed by atoms with Crippen molar-refractivity contribution in [1.82, 2.24) is 15.3 Å². The number of nitrogens with zero attached hydrogens (tertiary/aromatic N) is 1. The minimum absolute atomic E-state index is 0.0366. The SMILES string of the molecule is CCC(C)NC(=O)c1ccc(-c2nc3ccccc3[nH]2)cc1. The minimum Gasteiger partial charge on any atom is -0.350 e. The smallest absolute Gasteiger partial charge is 0.251 e. The Bertz CT molecular complexity index is 756. The average Bonchev–Trinajstić information content (AvgIpc) is 2.98. The summed E-state index contributed by atoms with van der Waals surface area (Å²) in [6, 6.07) is 15.6. The first kappa shape index (κ1) is 14.3. The van der Waals surface area contributed by atoms with Crippen molar-refractivity contribution >= 4 is 16.9 Å². The number of rotatable bonds is 4. The number of imidazole rings is 1. The Morgan fingerprint density at radius 1 is 1.18 bits per heavy atom. The first-order valence-corrected chi connectivity index (χ1v) is 7.53. The van der Waals surface area contributed by atoms with Crippen molar-refractivity contribution in [2.24, 2.45) is 0 Å². The van der Waals surface area contributed by atoms with E-state index in [1.54, 1.807) is 0 Å². The summed E-state index contributed by atoms with van der Waals surface area (Å²) in [7, 11) is 0. The molecule has 3 rings (SSSR count). The van der Waals surface area contributed by atoms with Gasteiger partial charge in [0.1, 0.15) is 5.82 Å². The highest BCUT2D eigenvalue weighted by Gasteiger charge is 2.10. The zero-order valence-corrected chi connectivity index (χ0v) is 12.8. The van der Waals surface area contributed by atoms with Gasteiger partial charge in [-0.3, -0.25) is 4.79 Å². The van der Waals surface area contributed by atoms with Gasteiger partial charge < -0.3 is 10.3 Å². The molecule has 0 aliphatic heterocycles. The number of benzene rings is 2. The highest BCUT2D eigenvalue weighted by atomic mass is 16.1. The average molecular weight is 293 g/mol. The molecule has 2 aromatic carbocycles. The molecule has 0 spiro atoms. The number of carbonyl (C=O) groups excluding carboxylic acids is 1. The van der Waals surface area contributed by atoms with Crippen molar-refractivity contribution in [3.05, 3.63) is 54.1 Å². The molecule has 1 atom stereocenters. The molecule has 1 aromatic heterocycles. The largest absolute Gasteiger partial charge is 0.350 e. The second-order valence-corrected chi connectivity index (χ2v) is 5.46. The quantitative estimate of drug-likeness (QED) is 0.769. The summed E-state index contributed by atoms with van der Waals surface area (Å²) in [5.41, 5.74) is 3.59. The molecule has 0 saturated carbocycles. The molecule has 1 unspecified atom stereocenters. The van der Waals surface area contributed by atoms with E-state index in [2.05, 4.69) is 22.2 Å². The zero-order valence-electron chi connectivity index (χ0n) is 12.8. The maximum absolute atomic E-state index is 12.1. The maximum Gasteiger partial charge on any atom is 0.251 e. The van der Waals surface area contributed by atoms with Gasteiger partial charge in [0.05, 0.1) is 11.0 Å². The molecule has 112 valence electrons. The molecule has 3 aromatic rings. The van der Waals surface area contributed by atoms with Crippen molar-refractivity contribution in [2.75, 3.05) is 0 Å². The van der Waals surface area contributed by atoms with Crippen LogP contribution < -0.4 is 5.32 Å². The Labute approximate surface area is 129 Å². The van der Waals surface area contributed by atoms with E-state index < -0.39 is 0 Å². The molecule has 0 aliphatic carbocycles. The van der Waals surface area contributed by atoms with Crippen molar-refractivity contribution in [1.29, 1.82) is 0 Å². The number of fused-ring (bicyclic) bond motifs is 1. The summed E-state index contributed by atoms with van der Waals surface area (Å²) >= 11 is 0. The summed E-state index contributed by atoms with van der Waals surface area (Å²) in [4.78, 5) is 19.9. The van der Waals surface area contributed by atoms with E-state index in [9.17, 15) is 4.79 Å². The first-order chi connectivity index (χ1) is 10.7. The summed E-state index contributed by atoms with van der Waals surface area (Å²) in [5, 5.41) is 2.96. The van der Waals surface area contributed by atoms with Crippen LogP contribution in [0.5, 0.6) is 0 Å². The van der Waals surface area contributed by atoms with E-state index >= 15 is 0 Å². The molecule has 4 heteroatoms. The summed E-state index contributed by atoms with van der Waals surface area (Å²) in [5.74, 6) is 0.778. The number of hydrogen-bond donors (Lipinski definition) is 2. The van der Waals surface area contributed by atoms with Gasteiger partial charge in [-0.05, 0) is 37.6 Å². The van der Waals surface area contributed by atoms with Crippen LogP contribution in [-0.2, 0) is 0 Å². The van der Waals surface area contributed by atoms with E-state index in [1.807, 2.05) is 55.5 Å². The lowest BCUT2D eigenvalue weighted by atomic mass is 10.1. The number of nitrogens with one attached hydrogen (secondary N) is 2. The molecule has 0 fully saturated rings. The number of hydrogen-bond acceptors (Lipinski definition) is 2. The van der Waals surface area contributed by atoms with Crippen molar-refractivity contribution in [3.63, 3.8) is 0 Å². The van der Waals surface area contributed by atoms with Gasteiger partial charge in [-0.2, -0.15) is 0 Å². The molecule has 0 radical (unpaired) electrons. The second-order valence-electron chi connectivity index (χ2n) is 5.46. The standard InChI is InChI=1S/C18H19N3O/c1-3-12(2)19-18(22)14-10-8-13(9-11-14)17-20-15-6-4-5-7-16(15)21-17/h4-12H,3H2,1-2H3,(H,19,22)(H,20,21). The molecule has 22 heavy (non-hydrogen) atoms. The van der Waals surface area contributed by atoms with Crippen LogP contribution in [-0.4, -0.2) is 21.9 Å². The molecule has 2 N–H and O–H groups in total. The van der Waals surface area contributed by atoms with Gasteiger partial charge in [0.25, 0.3) is 5.91 Å². The van der Waals surface area contributed by atoms with Crippen molar-refractivity contribution in [3.8, 4) is 11.4 Å². The minimum atomic E-state index is -0.0366. The normalized spacial score (nSPS) is 12.3. The van der Waals surface area contributed by atoms with Gasteiger partial charge in [-0.1, -0.05) is 31.2 Å². The van der Waals surface area contributed by atoms with E-state index in [-0.39, 0.29) is 11.9 Å². The van der Waals surface area contributed by atoms with E-state index in [1.165, 1.54) is 0 Å². The number of aromatic amines is 1. The number of para-hydroxylation sites is 2. The van der Waals surface area contributed by atoms with Gasteiger partial charge in [-0.25, -0.2) is 4.98 Å². The van der Waals surface area contributed by atoms with Crippen LogP contribution >= 0.6 is 0 Å². The Morgan fingerprint density at radius 3 is 2.59 bits per heavy atom. The lowest BCUT2D eigenvalue weighted by molar-refractivity contribution is 0.0939. The highest BCUT2D eigenvalue weighted by molar-refractivity contribution is 5.94. The Morgan fingerprint density at radius 2 is 1.91 bits per heavy atom. The molecule has 0 saturated heterocycles. The lowest BCUT2D eigenvalue weighted by Crippen LogP contribution is -2.31. The van der Waals surface area contributed by atoms with Crippen LogP contribution in [0.15, 0.2) is 48.5 Å². The van der Waals surface area contributed by atoms with Crippen LogP contribution in [0.2, 0.25) is 0 Å². The monoisotopic (exact) mass is 293 g/mol. The van der Waals surface area contributed by atoms with E-state index in [0.29, 0.717) is 5.56 Å². The number of carbonyl (C=O) groups is 1. The number of H-pyrrole nitrogens is 1. The van der Waals surface area contributed by atoms with Crippen LogP contribution in [0.3, 0.4) is 0 Å². The fourth-order valence-corrected chi connectivity index (χ4v) is 2.28. The molecule has 0 bridgehead atoms. The van der Waals surface area contributed by atoms with E-state index in [4.69, 9.17) is 0 Å². The fourth-order valence-electron chi connectivity index (χ4n) is 2.28. The number of amides is 1. The van der Waals surface area contributed by atoms with Crippen LogP contribution in [0.25, 0.3) is 22.4 Å². The predicted octanol–water partition coefficient (Wildman–Crippen LogP) is 3.76. The molecular weight excluding hydrogens is 274 g/mol. The third-order valence-corrected chi connectivity index (χ3v) is 3.80. The van der Waals surface area contributed by atoms with Crippen molar-refractivity contribution in [2.45, 2.75) is 26.3 Å². The Hall–Kier alpha value is -2.62. The maximum atomic E-state index is 12.1. The predicted molar refractivity (Wildman–Crippen MR) is 88.7 cm³/mol. The Kier molecular flexibility index (Phi) is 3.92. The topological polar surface area (TPSA) is 57.8 Å². The van der Waals surface area contributed by atoms with Gasteiger partial charge >= 0.3 is 0 Å². The molecular formula is C18H19N3O. The lowest BCUT2D eigenvalue weighted by Gasteiger charge is -2.11. The molecule has 1 heterocycles. The third-order valence-electron chi connectivity index (χ3n) is 3.80. The summed E-state index contributed by atoms with van der Waals surface area (Å²) < 4.78 is 0. The molecule has 1 amide bonds. The van der Waals surface area contributed by atoms with Gasteiger partial charge in [0.15, 0.2) is 0 Å². The van der Waals surface area contributed by atoms with Gasteiger partial charge in [0.2, 0.25) is 0 Å². The van der Waals surface area contributed by atoms with Gasteiger partial charge in [0, 0.05) is 17.2 Å². The Balaban J connectivity index is 1.83. The molecule has 4 nitrogen and oxygen atoms in total.